The van der Waals surface area contributed by atoms with Crippen molar-refractivity contribution in [2.24, 2.45) is 5.92 Å². The summed E-state index contributed by atoms with van der Waals surface area (Å²) in [6, 6.07) is 35.5. The van der Waals surface area contributed by atoms with Gasteiger partial charge in [0.25, 0.3) is 0 Å². The molecule has 0 bridgehead atoms. The van der Waals surface area contributed by atoms with Gasteiger partial charge in [-0.2, -0.15) is 5.10 Å². The Hall–Kier alpha value is -5.16. The Kier molecular flexibility index (Phi) is 7.81. The largest absolute Gasteiger partial charge is 0.457 e. The number of unbranched alkanes of at least 4 members (excludes halogenated alkanes) is 1. The van der Waals surface area contributed by atoms with Gasteiger partial charge in [-0.15, -0.1) is 0 Å². The molecule has 230 valence electrons. The molecule has 0 saturated heterocycles. The van der Waals surface area contributed by atoms with Crippen LogP contribution in [0.1, 0.15) is 51.4 Å². The van der Waals surface area contributed by atoms with Crippen LogP contribution in [0.15, 0.2) is 115 Å². The Bertz CT molecular complexity index is 2200. The molecule has 0 unspecified atom stereocenters. The van der Waals surface area contributed by atoms with Gasteiger partial charge in [-0.3, -0.25) is 4.57 Å². The van der Waals surface area contributed by atoms with Gasteiger partial charge in [-0.25, -0.2) is 9.67 Å². The summed E-state index contributed by atoms with van der Waals surface area (Å²) in [5.41, 5.74) is 8.74. The lowest BCUT2D eigenvalue weighted by atomic mass is 10.0. The molecular formula is C41H40N4O. The van der Waals surface area contributed by atoms with E-state index in [9.17, 15) is 0 Å². The molecule has 7 rings (SSSR count). The van der Waals surface area contributed by atoms with Gasteiger partial charge < -0.3 is 4.74 Å². The Morgan fingerprint density at radius 3 is 2.46 bits per heavy atom. The van der Waals surface area contributed by atoms with Gasteiger partial charge in [0.05, 0.1) is 23.8 Å². The van der Waals surface area contributed by atoms with Gasteiger partial charge in [0.15, 0.2) is 0 Å². The van der Waals surface area contributed by atoms with E-state index in [4.69, 9.17) is 11.2 Å². The third-order valence-electron chi connectivity index (χ3n) is 8.77. The van der Waals surface area contributed by atoms with Gasteiger partial charge in [0, 0.05) is 40.4 Å². The van der Waals surface area contributed by atoms with E-state index in [1.54, 1.807) is 12.3 Å². The van der Waals surface area contributed by atoms with Crippen molar-refractivity contribution >= 4 is 21.8 Å². The first-order chi connectivity index (χ1) is 22.9. The van der Waals surface area contributed by atoms with Crippen LogP contribution >= 0.6 is 0 Å². The summed E-state index contributed by atoms with van der Waals surface area (Å²) in [6.45, 7) is 8.75. The number of hydrogen-bond acceptors (Lipinski definition) is 3. The highest BCUT2D eigenvalue weighted by atomic mass is 16.5. The molecule has 0 spiro atoms. The second-order valence-corrected chi connectivity index (χ2v) is 12.5. The maximum absolute atomic E-state index is 8.29. The molecule has 0 atom stereocenters. The minimum atomic E-state index is 0.426. The lowest BCUT2D eigenvalue weighted by Crippen LogP contribution is -1.99. The molecule has 0 radical (unpaired) electrons. The van der Waals surface area contributed by atoms with Crippen molar-refractivity contribution in [2.45, 2.75) is 53.4 Å². The van der Waals surface area contributed by atoms with Gasteiger partial charge >= 0.3 is 0 Å². The number of nitrogens with zero attached hydrogens (tertiary/aromatic N) is 4. The highest BCUT2D eigenvalue weighted by Crippen LogP contribution is 2.36. The molecule has 5 nitrogen and oxygen atoms in total. The van der Waals surface area contributed by atoms with Gasteiger partial charge in [-0.05, 0) is 92.3 Å². The monoisotopic (exact) mass is 605 g/mol. The standard InChI is InChI=1S/C41H40N4O/c1-28(2)13-8-9-14-31-20-23-38-37(25-31)36-22-21-35(27-39(36)44(38)40-19-10-11-24-42-40)46-34-18-12-17-33(26-34)45-30(4)41(29(3)43-45)32-15-6-5-7-16-32/h5-7,10-12,15-28H,8-9,13-14H2,1-4H3/i10D. The molecule has 0 aliphatic rings. The summed E-state index contributed by atoms with van der Waals surface area (Å²) in [5, 5.41) is 7.22. The Balaban J connectivity index is 1.25. The Labute approximate surface area is 272 Å². The molecule has 0 fully saturated rings. The van der Waals surface area contributed by atoms with E-state index in [2.05, 4.69) is 97.9 Å². The van der Waals surface area contributed by atoms with E-state index in [-0.39, 0.29) is 0 Å². The number of ether oxygens (including phenoxy) is 1. The van der Waals surface area contributed by atoms with Crippen molar-refractivity contribution in [3.8, 4) is 34.1 Å². The van der Waals surface area contributed by atoms with Crippen LogP contribution in [0.4, 0.5) is 0 Å². The number of fused-ring (bicyclic) bond motifs is 3. The average molecular weight is 606 g/mol. The van der Waals surface area contributed by atoms with Crippen molar-refractivity contribution < 1.29 is 6.11 Å². The Morgan fingerprint density at radius 1 is 0.783 bits per heavy atom. The molecule has 0 saturated carbocycles. The third kappa shape index (κ3) is 5.81. The van der Waals surface area contributed by atoms with Crippen LogP contribution in [0.25, 0.3) is 44.4 Å². The molecular weight excluding hydrogens is 564 g/mol. The highest BCUT2D eigenvalue weighted by molar-refractivity contribution is 6.09. The molecule has 3 aromatic heterocycles. The summed E-state index contributed by atoms with van der Waals surface area (Å²) < 4.78 is 18.9. The van der Waals surface area contributed by atoms with Crippen molar-refractivity contribution in [1.29, 1.82) is 0 Å². The first-order valence-electron chi connectivity index (χ1n) is 16.8. The molecule has 4 aromatic carbocycles. The molecule has 46 heavy (non-hydrogen) atoms. The van der Waals surface area contributed by atoms with Crippen LogP contribution in [-0.4, -0.2) is 19.3 Å². The summed E-state index contributed by atoms with van der Waals surface area (Å²) >= 11 is 0. The second kappa shape index (κ2) is 12.7. The fraction of sp³-hybridized carbons (Fsp3) is 0.220. The quantitative estimate of drug-likeness (QED) is 0.146. The van der Waals surface area contributed by atoms with Gasteiger partial charge in [-0.1, -0.05) is 75.2 Å². The first kappa shape index (κ1) is 28.3. The maximum Gasteiger partial charge on any atom is 0.137 e. The average Bonchev–Trinajstić information content (AvgIpc) is 3.55. The van der Waals surface area contributed by atoms with Crippen LogP contribution in [0.3, 0.4) is 0 Å². The normalized spacial score (nSPS) is 11.9. The Morgan fingerprint density at radius 2 is 1.63 bits per heavy atom. The molecule has 7 aromatic rings. The number of aryl methyl sites for hydroxylation is 2. The summed E-state index contributed by atoms with van der Waals surface area (Å²) in [7, 11) is 0. The third-order valence-corrected chi connectivity index (χ3v) is 8.77. The lowest BCUT2D eigenvalue weighted by Gasteiger charge is -2.11. The van der Waals surface area contributed by atoms with Crippen LogP contribution in [0, 0.1) is 19.8 Å². The topological polar surface area (TPSA) is 44.9 Å². The number of hydrogen-bond donors (Lipinski definition) is 0. The zero-order valence-corrected chi connectivity index (χ0v) is 27.0. The highest BCUT2D eigenvalue weighted by Gasteiger charge is 2.17. The fourth-order valence-electron chi connectivity index (χ4n) is 6.57. The van der Waals surface area contributed by atoms with Crippen molar-refractivity contribution in [1.82, 2.24) is 19.3 Å². The molecule has 0 aliphatic carbocycles. The maximum atomic E-state index is 8.29. The van der Waals surface area contributed by atoms with Crippen molar-refractivity contribution in [3.63, 3.8) is 0 Å². The van der Waals surface area contributed by atoms with Crippen molar-refractivity contribution in [2.75, 3.05) is 0 Å². The summed E-state index contributed by atoms with van der Waals surface area (Å²) in [4.78, 5) is 4.67. The summed E-state index contributed by atoms with van der Waals surface area (Å²) in [5.74, 6) is 2.92. The molecule has 0 amide bonds. The van der Waals surface area contributed by atoms with Crippen molar-refractivity contribution in [3.05, 3.63) is 132 Å². The van der Waals surface area contributed by atoms with Crippen LogP contribution < -0.4 is 4.74 Å². The molecule has 3 heterocycles. The van der Waals surface area contributed by atoms with Crippen LogP contribution in [-0.2, 0) is 6.42 Å². The zero-order valence-electron chi connectivity index (χ0n) is 28.0. The lowest BCUT2D eigenvalue weighted by molar-refractivity contribution is 0.482. The van der Waals surface area contributed by atoms with Gasteiger partial charge in [0.2, 0.25) is 0 Å². The van der Waals surface area contributed by atoms with E-state index in [0.717, 1.165) is 74.3 Å². The van der Waals surface area contributed by atoms with Crippen LogP contribution in [0.5, 0.6) is 11.5 Å². The van der Waals surface area contributed by atoms with E-state index in [0.29, 0.717) is 6.04 Å². The van der Waals surface area contributed by atoms with E-state index in [1.807, 2.05) is 41.1 Å². The predicted octanol–water partition coefficient (Wildman–Crippen LogP) is 10.8. The zero-order chi connectivity index (χ0) is 32.5. The van der Waals surface area contributed by atoms with E-state index < -0.39 is 0 Å². The summed E-state index contributed by atoms with van der Waals surface area (Å²) in [6.07, 6.45) is 6.46. The number of rotatable bonds is 10. The minimum absolute atomic E-state index is 0.426. The second-order valence-electron chi connectivity index (χ2n) is 12.5. The number of benzene rings is 4. The van der Waals surface area contributed by atoms with Crippen LogP contribution in [0.2, 0.25) is 0 Å². The molecule has 0 aliphatic heterocycles. The first-order valence-corrected chi connectivity index (χ1v) is 16.3. The molecule has 5 heteroatoms. The number of aromatic nitrogens is 4. The fourth-order valence-corrected chi connectivity index (χ4v) is 6.57. The minimum Gasteiger partial charge on any atom is -0.457 e. The predicted molar refractivity (Wildman–Crippen MR) is 190 cm³/mol. The van der Waals surface area contributed by atoms with E-state index in [1.165, 1.54) is 30.2 Å². The SMILES string of the molecule is [2H]c1ccnc(-n2c3ccc(CCCCC(C)C)cc3c3ccc(Oc4cccc(-n5nc(C)c(-c6ccccc6)c5C)c4)cc32)c1. The number of pyridine rings is 1. The van der Waals surface area contributed by atoms with E-state index >= 15 is 0 Å². The van der Waals surface area contributed by atoms with Gasteiger partial charge in [0.1, 0.15) is 17.3 Å². The molecule has 0 N–H and O–H groups in total. The smallest absolute Gasteiger partial charge is 0.137 e.